The molecule has 0 aromatic heterocycles. The van der Waals surface area contributed by atoms with Crippen LogP contribution >= 0.6 is 15.9 Å². The summed E-state index contributed by atoms with van der Waals surface area (Å²) in [5, 5.41) is 1.18. The number of fused-ring (bicyclic) bond motifs is 1. The van der Waals surface area contributed by atoms with Crippen molar-refractivity contribution < 1.29 is 0 Å². The predicted molar refractivity (Wildman–Crippen MR) is 64.9 cm³/mol. The van der Waals surface area contributed by atoms with E-state index >= 15 is 0 Å². The molecule has 1 nitrogen and oxygen atoms in total. The van der Waals surface area contributed by atoms with Gasteiger partial charge in [0.1, 0.15) is 0 Å². The SMILES string of the molecule is BrCCCCCN1CC2CCCC2C1. The van der Waals surface area contributed by atoms with Crippen LogP contribution in [0.4, 0.5) is 0 Å². The van der Waals surface area contributed by atoms with Crippen LogP contribution in [0, 0.1) is 11.8 Å². The number of unbranched alkanes of at least 4 members (excludes halogenated alkanes) is 2. The number of likely N-dealkylation sites (tertiary alicyclic amines) is 1. The molecule has 14 heavy (non-hydrogen) atoms. The maximum Gasteiger partial charge on any atom is 0.00313 e. The van der Waals surface area contributed by atoms with Crippen LogP contribution in [0.2, 0.25) is 0 Å². The molecule has 0 spiro atoms. The highest BCUT2D eigenvalue weighted by Gasteiger charge is 2.35. The smallest absolute Gasteiger partial charge is 0.00313 e. The van der Waals surface area contributed by atoms with Crippen LogP contribution < -0.4 is 0 Å². The Hall–Kier alpha value is 0.440. The van der Waals surface area contributed by atoms with Gasteiger partial charge in [0.15, 0.2) is 0 Å². The minimum Gasteiger partial charge on any atom is -0.303 e. The van der Waals surface area contributed by atoms with E-state index in [0.29, 0.717) is 0 Å². The molecule has 0 aromatic carbocycles. The molecule has 0 radical (unpaired) electrons. The van der Waals surface area contributed by atoms with E-state index < -0.39 is 0 Å². The Morgan fingerprint density at radius 1 is 1.00 bits per heavy atom. The molecular formula is C12H22BrN. The van der Waals surface area contributed by atoms with Crippen LogP contribution in [-0.2, 0) is 0 Å². The number of halogens is 1. The topological polar surface area (TPSA) is 3.24 Å². The number of rotatable bonds is 5. The van der Waals surface area contributed by atoms with Crippen LogP contribution in [0.15, 0.2) is 0 Å². The highest BCUT2D eigenvalue weighted by molar-refractivity contribution is 9.09. The van der Waals surface area contributed by atoms with Crippen molar-refractivity contribution in [2.24, 2.45) is 11.8 Å². The maximum atomic E-state index is 3.49. The summed E-state index contributed by atoms with van der Waals surface area (Å²) in [5.41, 5.74) is 0. The normalized spacial score (nSPS) is 32.4. The Morgan fingerprint density at radius 3 is 2.36 bits per heavy atom. The van der Waals surface area contributed by atoms with Crippen LogP contribution in [0.3, 0.4) is 0 Å². The zero-order valence-electron chi connectivity index (χ0n) is 9.05. The van der Waals surface area contributed by atoms with Crippen LogP contribution in [-0.4, -0.2) is 29.9 Å². The van der Waals surface area contributed by atoms with Crippen molar-refractivity contribution in [2.75, 3.05) is 25.0 Å². The van der Waals surface area contributed by atoms with E-state index in [9.17, 15) is 0 Å². The molecule has 2 rings (SSSR count). The van der Waals surface area contributed by atoms with Gasteiger partial charge in [0.05, 0.1) is 0 Å². The molecule has 0 bridgehead atoms. The molecular weight excluding hydrogens is 238 g/mol. The van der Waals surface area contributed by atoms with Gasteiger partial charge in [0.25, 0.3) is 0 Å². The van der Waals surface area contributed by atoms with Gasteiger partial charge in [-0.2, -0.15) is 0 Å². The standard InChI is InChI=1S/C12H22BrN/c13-7-2-1-3-8-14-9-11-5-4-6-12(11)10-14/h11-12H,1-10H2. The van der Waals surface area contributed by atoms with Crippen molar-refractivity contribution >= 4 is 15.9 Å². The van der Waals surface area contributed by atoms with Crippen molar-refractivity contribution in [1.82, 2.24) is 4.90 Å². The quantitative estimate of drug-likeness (QED) is 0.541. The lowest BCUT2D eigenvalue weighted by Crippen LogP contribution is -2.22. The number of hydrogen-bond donors (Lipinski definition) is 0. The van der Waals surface area contributed by atoms with Crippen molar-refractivity contribution in [1.29, 1.82) is 0 Å². The summed E-state index contributed by atoms with van der Waals surface area (Å²) in [6.45, 7) is 4.19. The average molecular weight is 260 g/mol. The van der Waals surface area contributed by atoms with Gasteiger partial charge in [0, 0.05) is 18.4 Å². The Morgan fingerprint density at radius 2 is 1.71 bits per heavy atom. The van der Waals surface area contributed by atoms with Crippen LogP contribution in [0.5, 0.6) is 0 Å². The van der Waals surface area contributed by atoms with E-state index in [1.165, 1.54) is 63.5 Å². The number of alkyl halides is 1. The van der Waals surface area contributed by atoms with Gasteiger partial charge < -0.3 is 4.90 Å². The Balaban J connectivity index is 1.60. The Bertz CT molecular complexity index is 160. The van der Waals surface area contributed by atoms with Gasteiger partial charge in [-0.15, -0.1) is 0 Å². The second-order valence-electron chi connectivity index (χ2n) is 4.96. The first kappa shape index (κ1) is 10.9. The lowest BCUT2D eigenvalue weighted by Gasteiger charge is -2.16. The second kappa shape index (κ2) is 5.50. The summed E-state index contributed by atoms with van der Waals surface area (Å²) in [7, 11) is 0. The van der Waals surface area contributed by atoms with E-state index in [2.05, 4.69) is 20.8 Å². The summed E-state index contributed by atoms with van der Waals surface area (Å²) in [6.07, 6.45) is 8.70. The number of hydrogen-bond acceptors (Lipinski definition) is 1. The molecule has 0 N–H and O–H groups in total. The van der Waals surface area contributed by atoms with E-state index in [-0.39, 0.29) is 0 Å². The minimum atomic E-state index is 1.08. The minimum absolute atomic E-state index is 1.08. The molecule has 1 aliphatic carbocycles. The monoisotopic (exact) mass is 259 g/mol. The van der Waals surface area contributed by atoms with Gasteiger partial charge in [-0.25, -0.2) is 0 Å². The first-order valence-electron chi connectivity index (χ1n) is 6.18. The third kappa shape index (κ3) is 2.73. The summed E-state index contributed by atoms with van der Waals surface area (Å²) in [4.78, 5) is 2.71. The van der Waals surface area contributed by atoms with Crippen molar-refractivity contribution in [3.63, 3.8) is 0 Å². The predicted octanol–water partition coefficient (Wildman–Crippen LogP) is 3.28. The zero-order valence-corrected chi connectivity index (χ0v) is 10.6. The Kier molecular flexibility index (Phi) is 4.30. The Labute approximate surface area is 96.4 Å². The van der Waals surface area contributed by atoms with Gasteiger partial charge in [-0.1, -0.05) is 28.8 Å². The van der Waals surface area contributed by atoms with E-state index in [0.717, 1.165) is 11.8 Å². The van der Waals surface area contributed by atoms with Crippen molar-refractivity contribution in [2.45, 2.75) is 38.5 Å². The van der Waals surface area contributed by atoms with Gasteiger partial charge >= 0.3 is 0 Å². The largest absolute Gasteiger partial charge is 0.303 e. The van der Waals surface area contributed by atoms with Gasteiger partial charge in [-0.3, -0.25) is 0 Å². The average Bonchev–Trinajstić information content (AvgIpc) is 2.72. The summed E-state index contributed by atoms with van der Waals surface area (Å²) in [6, 6.07) is 0. The van der Waals surface area contributed by atoms with Gasteiger partial charge in [0.2, 0.25) is 0 Å². The fraction of sp³-hybridized carbons (Fsp3) is 1.00. The molecule has 82 valence electrons. The fourth-order valence-electron chi connectivity index (χ4n) is 3.12. The van der Waals surface area contributed by atoms with Crippen LogP contribution in [0.25, 0.3) is 0 Å². The molecule has 0 aromatic rings. The summed E-state index contributed by atoms with van der Waals surface area (Å²) >= 11 is 3.49. The van der Waals surface area contributed by atoms with Gasteiger partial charge in [-0.05, 0) is 44.1 Å². The summed E-state index contributed by atoms with van der Waals surface area (Å²) in [5.74, 6) is 2.15. The molecule has 2 unspecified atom stereocenters. The number of nitrogens with zero attached hydrogens (tertiary/aromatic N) is 1. The molecule has 1 heterocycles. The third-order valence-electron chi connectivity index (χ3n) is 3.91. The van der Waals surface area contributed by atoms with E-state index in [1.54, 1.807) is 0 Å². The molecule has 2 fully saturated rings. The van der Waals surface area contributed by atoms with E-state index in [4.69, 9.17) is 0 Å². The van der Waals surface area contributed by atoms with Crippen LogP contribution in [0.1, 0.15) is 38.5 Å². The molecule has 2 aliphatic rings. The lowest BCUT2D eigenvalue weighted by molar-refractivity contribution is 0.304. The molecule has 1 saturated heterocycles. The first-order chi connectivity index (χ1) is 6.90. The molecule has 2 heteroatoms. The lowest BCUT2D eigenvalue weighted by atomic mass is 10.0. The third-order valence-corrected chi connectivity index (χ3v) is 4.47. The second-order valence-corrected chi connectivity index (χ2v) is 5.75. The fourth-order valence-corrected chi connectivity index (χ4v) is 3.52. The highest BCUT2D eigenvalue weighted by atomic mass is 79.9. The molecule has 0 amide bonds. The molecule has 2 atom stereocenters. The van der Waals surface area contributed by atoms with Crippen molar-refractivity contribution in [3.05, 3.63) is 0 Å². The highest BCUT2D eigenvalue weighted by Crippen LogP contribution is 2.37. The maximum absolute atomic E-state index is 3.49. The van der Waals surface area contributed by atoms with E-state index in [1.807, 2.05) is 0 Å². The zero-order chi connectivity index (χ0) is 9.80. The molecule has 1 aliphatic heterocycles. The first-order valence-corrected chi connectivity index (χ1v) is 7.30. The van der Waals surface area contributed by atoms with Crippen molar-refractivity contribution in [3.8, 4) is 0 Å². The summed E-state index contributed by atoms with van der Waals surface area (Å²) < 4.78 is 0. The molecule has 1 saturated carbocycles.